The Balaban J connectivity index is 1.38. The third kappa shape index (κ3) is 3.03. The predicted octanol–water partition coefficient (Wildman–Crippen LogP) is 5.41. The number of nitrogens with one attached hydrogen (secondary N) is 1. The molecule has 6 heteroatoms. The number of hydrogen-bond donors (Lipinski definition) is 1. The Morgan fingerprint density at radius 1 is 1.09 bits per heavy atom. The molecule has 0 radical (unpaired) electrons. The SMILES string of the molecule is Cc1sc2c(c1C)C(c1ccc(C3CCC4(CCNC4)C3)cc1)=N[C@@H](C)c1nnc(C)n1-2. The van der Waals surface area contributed by atoms with Crippen LogP contribution in [0.2, 0.25) is 0 Å². The summed E-state index contributed by atoms with van der Waals surface area (Å²) in [6, 6.07) is 9.29. The quantitative estimate of drug-likeness (QED) is 0.574. The van der Waals surface area contributed by atoms with Gasteiger partial charge in [-0.3, -0.25) is 9.56 Å². The molecule has 166 valence electrons. The number of aryl methyl sites for hydroxylation is 2. The Morgan fingerprint density at radius 2 is 1.91 bits per heavy atom. The highest BCUT2D eigenvalue weighted by molar-refractivity contribution is 7.15. The molecule has 4 heterocycles. The third-order valence-corrected chi connectivity index (χ3v) is 9.24. The van der Waals surface area contributed by atoms with Crippen molar-refractivity contribution in [1.82, 2.24) is 20.1 Å². The van der Waals surface area contributed by atoms with Crippen LogP contribution in [0.25, 0.3) is 5.00 Å². The maximum atomic E-state index is 5.19. The van der Waals surface area contributed by atoms with E-state index in [2.05, 4.69) is 65.1 Å². The van der Waals surface area contributed by atoms with E-state index in [-0.39, 0.29) is 6.04 Å². The van der Waals surface area contributed by atoms with Crippen LogP contribution in [0.5, 0.6) is 0 Å². The van der Waals surface area contributed by atoms with Crippen molar-refractivity contribution in [2.75, 3.05) is 13.1 Å². The fourth-order valence-corrected chi connectivity index (χ4v) is 7.28. The minimum Gasteiger partial charge on any atom is -0.316 e. The van der Waals surface area contributed by atoms with Gasteiger partial charge in [-0.2, -0.15) is 0 Å². The van der Waals surface area contributed by atoms with E-state index < -0.39 is 0 Å². The lowest BCUT2D eigenvalue weighted by atomic mass is 9.83. The molecule has 0 amide bonds. The second-order valence-electron chi connectivity index (χ2n) is 10.0. The molecule has 2 aromatic heterocycles. The molecule has 32 heavy (non-hydrogen) atoms. The first-order valence-corrected chi connectivity index (χ1v) is 12.7. The van der Waals surface area contributed by atoms with Crippen molar-refractivity contribution in [3.63, 3.8) is 0 Å². The lowest BCUT2D eigenvalue weighted by Gasteiger charge is -2.22. The first-order valence-electron chi connectivity index (χ1n) is 11.9. The molecule has 3 atom stereocenters. The average molecular weight is 446 g/mol. The van der Waals surface area contributed by atoms with E-state index in [0.29, 0.717) is 11.3 Å². The number of fused-ring (bicyclic) bond motifs is 3. The molecule has 3 aliphatic rings. The predicted molar refractivity (Wildman–Crippen MR) is 130 cm³/mol. The van der Waals surface area contributed by atoms with Crippen LogP contribution in [0.1, 0.15) is 83.3 Å². The van der Waals surface area contributed by atoms with Gasteiger partial charge in [0.1, 0.15) is 16.9 Å². The first kappa shape index (κ1) is 20.3. The van der Waals surface area contributed by atoms with Gasteiger partial charge in [-0.15, -0.1) is 21.5 Å². The summed E-state index contributed by atoms with van der Waals surface area (Å²) in [6.45, 7) is 11.0. The zero-order chi connectivity index (χ0) is 22.0. The molecule has 1 N–H and O–H groups in total. The minimum absolute atomic E-state index is 0.0326. The van der Waals surface area contributed by atoms with Gasteiger partial charge in [0.2, 0.25) is 0 Å². The number of benzene rings is 1. The average Bonchev–Trinajstić information content (AvgIpc) is 3.56. The fourth-order valence-electron chi connectivity index (χ4n) is 6.07. The van der Waals surface area contributed by atoms with Crippen LogP contribution in [0, 0.1) is 26.2 Å². The number of aromatic nitrogens is 3. The molecule has 1 saturated carbocycles. The highest BCUT2D eigenvalue weighted by Gasteiger charge is 2.41. The number of hydrogen-bond acceptors (Lipinski definition) is 5. The van der Waals surface area contributed by atoms with Crippen LogP contribution in [-0.4, -0.2) is 33.6 Å². The van der Waals surface area contributed by atoms with Crippen LogP contribution < -0.4 is 5.32 Å². The first-order chi connectivity index (χ1) is 15.5. The van der Waals surface area contributed by atoms with E-state index in [1.807, 2.05) is 18.3 Å². The van der Waals surface area contributed by atoms with Crippen LogP contribution in [0.4, 0.5) is 0 Å². The summed E-state index contributed by atoms with van der Waals surface area (Å²) in [5, 5.41) is 13.6. The largest absolute Gasteiger partial charge is 0.316 e. The molecule has 6 rings (SSSR count). The standard InChI is InChI=1S/C26H31N5S/c1-15-17(3)32-25-22(15)23(28-16(2)24-30-29-18(4)31(24)25)20-7-5-19(6-8-20)21-9-10-26(13-21)11-12-27-14-26/h5-8,16,21,27H,9-14H2,1-4H3/t16-,21?,26?/m0/s1. The summed E-state index contributed by atoms with van der Waals surface area (Å²) in [4.78, 5) is 6.52. The maximum absolute atomic E-state index is 5.19. The molecule has 2 unspecified atom stereocenters. The van der Waals surface area contributed by atoms with Crippen molar-refractivity contribution in [2.24, 2.45) is 10.4 Å². The van der Waals surface area contributed by atoms with Crippen LogP contribution in [-0.2, 0) is 0 Å². The van der Waals surface area contributed by atoms with Gasteiger partial charge >= 0.3 is 0 Å². The number of rotatable bonds is 2. The van der Waals surface area contributed by atoms with Gasteiger partial charge in [0.05, 0.1) is 5.71 Å². The third-order valence-electron chi connectivity index (χ3n) is 8.04. The van der Waals surface area contributed by atoms with Crippen LogP contribution in [0.3, 0.4) is 0 Å². The highest BCUT2D eigenvalue weighted by Crippen LogP contribution is 2.50. The number of aliphatic imine (C=N–C) groups is 1. The summed E-state index contributed by atoms with van der Waals surface area (Å²) in [7, 11) is 0. The molecule has 1 saturated heterocycles. The Labute approximate surface area is 194 Å². The summed E-state index contributed by atoms with van der Waals surface area (Å²) in [6.07, 6.45) is 5.36. The Hall–Kier alpha value is -2.31. The lowest BCUT2D eigenvalue weighted by Crippen LogP contribution is -2.20. The van der Waals surface area contributed by atoms with Crippen molar-refractivity contribution in [1.29, 1.82) is 0 Å². The zero-order valence-electron chi connectivity index (χ0n) is 19.4. The maximum Gasteiger partial charge on any atom is 0.162 e. The van der Waals surface area contributed by atoms with Crippen molar-refractivity contribution >= 4 is 17.0 Å². The molecule has 2 aliphatic heterocycles. The van der Waals surface area contributed by atoms with E-state index in [1.54, 1.807) is 0 Å². The van der Waals surface area contributed by atoms with Gasteiger partial charge in [-0.1, -0.05) is 24.3 Å². The normalized spacial score (nSPS) is 26.8. The molecule has 0 bridgehead atoms. The van der Waals surface area contributed by atoms with E-state index in [9.17, 15) is 0 Å². The fraction of sp³-hybridized carbons (Fsp3) is 0.500. The van der Waals surface area contributed by atoms with Gasteiger partial charge in [-0.05, 0) is 82.4 Å². The molecule has 2 fully saturated rings. The second kappa shape index (κ2) is 7.35. The molecular formula is C26H31N5S. The van der Waals surface area contributed by atoms with Crippen LogP contribution in [0.15, 0.2) is 29.3 Å². The van der Waals surface area contributed by atoms with E-state index in [1.165, 1.54) is 70.9 Å². The molecule has 5 nitrogen and oxygen atoms in total. The Bertz CT molecular complexity index is 1210. The van der Waals surface area contributed by atoms with Gasteiger partial charge in [0.25, 0.3) is 0 Å². The number of nitrogens with zero attached hydrogens (tertiary/aromatic N) is 4. The van der Waals surface area contributed by atoms with E-state index in [4.69, 9.17) is 4.99 Å². The van der Waals surface area contributed by atoms with E-state index >= 15 is 0 Å². The van der Waals surface area contributed by atoms with Gasteiger partial charge in [0.15, 0.2) is 5.82 Å². The topological polar surface area (TPSA) is 55.1 Å². The second-order valence-corrected chi connectivity index (χ2v) is 11.2. The van der Waals surface area contributed by atoms with Gasteiger partial charge in [-0.25, -0.2) is 0 Å². The monoisotopic (exact) mass is 445 g/mol. The molecular weight excluding hydrogens is 414 g/mol. The molecule has 1 aromatic carbocycles. The van der Waals surface area contributed by atoms with Crippen molar-refractivity contribution in [3.8, 4) is 5.00 Å². The zero-order valence-corrected chi connectivity index (χ0v) is 20.2. The van der Waals surface area contributed by atoms with Gasteiger partial charge < -0.3 is 5.32 Å². The van der Waals surface area contributed by atoms with Crippen molar-refractivity contribution in [3.05, 3.63) is 63.0 Å². The highest BCUT2D eigenvalue weighted by atomic mass is 32.1. The summed E-state index contributed by atoms with van der Waals surface area (Å²) >= 11 is 1.82. The molecule has 3 aromatic rings. The summed E-state index contributed by atoms with van der Waals surface area (Å²) < 4.78 is 2.21. The van der Waals surface area contributed by atoms with Crippen molar-refractivity contribution < 1.29 is 0 Å². The van der Waals surface area contributed by atoms with Gasteiger partial charge in [0, 0.05) is 22.5 Å². The smallest absolute Gasteiger partial charge is 0.162 e. The lowest BCUT2D eigenvalue weighted by molar-refractivity contribution is 0.331. The number of thiophene rings is 1. The summed E-state index contributed by atoms with van der Waals surface area (Å²) in [5.41, 5.74) is 6.89. The summed E-state index contributed by atoms with van der Waals surface area (Å²) in [5.74, 6) is 2.55. The minimum atomic E-state index is -0.0326. The Kier molecular flexibility index (Phi) is 4.67. The van der Waals surface area contributed by atoms with Crippen molar-refractivity contribution in [2.45, 2.75) is 65.3 Å². The van der Waals surface area contributed by atoms with E-state index in [0.717, 1.165) is 17.4 Å². The molecule has 1 aliphatic carbocycles. The molecule has 1 spiro atoms. The van der Waals surface area contributed by atoms with Crippen LogP contribution >= 0.6 is 11.3 Å². The Morgan fingerprint density at radius 3 is 2.66 bits per heavy atom.